The predicted octanol–water partition coefficient (Wildman–Crippen LogP) is 3.35. The van der Waals surface area contributed by atoms with Crippen LogP contribution >= 0.6 is 11.3 Å². The molecular formula is C22H18F2N4O3S. The van der Waals surface area contributed by atoms with E-state index in [4.69, 9.17) is 4.74 Å². The first-order valence-corrected chi connectivity index (χ1v) is 10.9. The highest BCUT2D eigenvalue weighted by atomic mass is 32.1. The summed E-state index contributed by atoms with van der Waals surface area (Å²) >= 11 is 1.09. The molecule has 1 saturated heterocycles. The monoisotopic (exact) mass is 456 g/mol. The molecule has 4 aromatic rings. The Morgan fingerprint density at radius 2 is 1.97 bits per heavy atom. The highest BCUT2D eigenvalue weighted by Gasteiger charge is 2.25. The Hall–Kier alpha value is -3.40. The van der Waals surface area contributed by atoms with Crippen molar-refractivity contribution in [1.82, 2.24) is 19.4 Å². The van der Waals surface area contributed by atoms with Crippen molar-refractivity contribution >= 4 is 38.4 Å². The Bertz CT molecular complexity index is 1380. The molecule has 1 amide bonds. The second-order valence-corrected chi connectivity index (χ2v) is 8.60. The van der Waals surface area contributed by atoms with Crippen molar-refractivity contribution in [1.29, 1.82) is 0 Å². The minimum absolute atomic E-state index is 0.0785. The summed E-state index contributed by atoms with van der Waals surface area (Å²) in [7, 11) is 0. The Labute approximate surface area is 184 Å². The van der Waals surface area contributed by atoms with Crippen LogP contribution in [0.5, 0.6) is 5.19 Å². The Morgan fingerprint density at radius 1 is 1.19 bits per heavy atom. The maximum Gasteiger partial charge on any atom is 0.274 e. The van der Waals surface area contributed by atoms with E-state index in [1.807, 2.05) is 0 Å². The fourth-order valence-electron chi connectivity index (χ4n) is 3.82. The number of carbonyl (C=O) groups is 1. The maximum atomic E-state index is 13.8. The van der Waals surface area contributed by atoms with Crippen LogP contribution in [0.15, 0.2) is 47.5 Å². The number of benzene rings is 2. The van der Waals surface area contributed by atoms with Gasteiger partial charge >= 0.3 is 0 Å². The molecule has 0 saturated carbocycles. The summed E-state index contributed by atoms with van der Waals surface area (Å²) in [6.45, 7) is 0.852. The van der Waals surface area contributed by atoms with Crippen LogP contribution in [-0.2, 0) is 11.3 Å². The van der Waals surface area contributed by atoms with Crippen LogP contribution in [-0.4, -0.2) is 44.5 Å². The molecule has 1 fully saturated rings. The lowest BCUT2D eigenvalue weighted by atomic mass is 10.1. The number of fused-ring (bicyclic) bond motifs is 2. The average Bonchev–Trinajstić information content (AvgIpc) is 3.19. The van der Waals surface area contributed by atoms with Crippen LogP contribution in [0.3, 0.4) is 0 Å². The molecule has 10 heteroatoms. The molecule has 0 atom stereocenters. The number of hydrogen-bond acceptors (Lipinski definition) is 6. The van der Waals surface area contributed by atoms with Gasteiger partial charge < -0.3 is 9.64 Å². The maximum absolute atomic E-state index is 13.8. The summed E-state index contributed by atoms with van der Waals surface area (Å²) < 4.78 is 34.8. The SMILES string of the molecule is O=C(Cn1cnc2ccccc2c1=O)N1CCC(Oc2nc3c(F)cc(F)cc3s2)CC1. The quantitative estimate of drug-likeness (QED) is 0.471. The first kappa shape index (κ1) is 20.5. The topological polar surface area (TPSA) is 77.3 Å². The number of carbonyl (C=O) groups excluding carboxylic acids is 1. The van der Waals surface area contributed by atoms with E-state index >= 15 is 0 Å². The molecule has 1 aliphatic rings. The van der Waals surface area contributed by atoms with E-state index in [9.17, 15) is 18.4 Å². The second kappa shape index (κ2) is 8.27. The predicted molar refractivity (Wildman–Crippen MR) is 116 cm³/mol. The minimum atomic E-state index is -0.718. The summed E-state index contributed by atoms with van der Waals surface area (Å²) in [6.07, 6.45) is 2.36. The van der Waals surface area contributed by atoms with Gasteiger partial charge in [0.05, 0.1) is 21.9 Å². The molecule has 32 heavy (non-hydrogen) atoms. The van der Waals surface area contributed by atoms with E-state index in [0.717, 1.165) is 17.4 Å². The second-order valence-electron chi connectivity index (χ2n) is 7.61. The van der Waals surface area contributed by atoms with Crippen LogP contribution in [0, 0.1) is 11.6 Å². The zero-order valence-electron chi connectivity index (χ0n) is 16.8. The van der Waals surface area contributed by atoms with Gasteiger partial charge in [0.2, 0.25) is 5.91 Å². The molecule has 0 spiro atoms. The molecule has 2 aromatic carbocycles. The van der Waals surface area contributed by atoms with E-state index in [1.165, 1.54) is 17.0 Å². The highest BCUT2D eigenvalue weighted by Crippen LogP contribution is 2.32. The third kappa shape index (κ3) is 3.93. The molecule has 0 radical (unpaired) electrons. The van der Waals surface area contributed by atoms with Crippen LogP contribution in [0.1, 0.15) is 12.8 Å². The lowest BCUT2D eigenvalue weighted by Crippen LogP contribution is -2.44. The molecule has 0 unspecified atom stereocenters. The van der Waals surface area contributed by atoms with E-state index in [0.29, 0.717) is 41.5 Å². The van der Waals surface area contributed by atoms with Gasteiger partial charge in [0.25, 0.3) is 10.8 Å². The van der Waals surface area contributed by atoms with Crippen molar-refractivity contribution in [2.75, 3.05) is 13.1 Å². The first-order valence-electron chi connectivity index (χ1n) is 10.1. The molecule has 164 valence electrons. The van der Waals surface area contributed by atoms with Gasteiger partial charge in [0.1, 0.15) is 24.0 Å². The van der Waals surface area contributed by atoms with Crippen molar-refractivity contribution in [3.8, 4) is 5.19 Å². The number of halogens is 2. The number of aromatic nitrogens is 3. The Morgan fingerprint density at radius 3 is 2.78 bits per heavy atom. The van der Waals surface area contributed by atoms with Crippen LogP contribution in [0.2, 0.25) is 0 Å². The van der Waals surface area contributed by atoms with Gasteiger partial charge in [-0.2, -0.15) is 4.98 Å². The summed E-state index contributed by atoms with van der Waals surface area (Å²) in [5.41, 5.74) is 0.437. The highest BCUT2D eigenvalue weighted by molar-refractivity contribution is 7.20. The molecule has 5 rings (SSSR count). The molecular weight excluding hydrogens is 438 g/mol. The van der Waals surface area contributed by atoms with Crippen molar-refractivity contribution in [2.24, 2.45) is 0 Å². The molecule has 7 nitrogen and oxygen atoms in total. The first-order chi connectivity index (χ1) is 15.5. The number of piperidine rings is 1. The number of ether oxygens (including phenoxy) is 1. The number of nitrogens with zero attached hydrogens (tertiary/aromatic N) is 4. The third-order valence-electron chi connectivity index (χ3n) is 5.49. The van der Waals surface area contributed by atoms with E-state index in [-0.39, 0.29) is 34.8 Å². The van der Waals surface area contributed by atoms with Gasteiger partial charge in [-0.15, -0.1) is 0 Å². The van der Waals surface area contributed by atoms with Gasteiger partial charge in [-0.1, -0.05) is 23.5 Å². The molecule has 0 N–H and O–H groups in total. The molecule has 3 heterocycles. The number of amides is 1. The summed E-state index contributed by atoms with van der Waals surface area (Å²) in [4.78, 5) is 35.4. The van der Waals surface area contributed by atoms with Gasteiger partial charge in [0, 0.05) is 32.0 Å². The van der Waals surface area contributed by atoms with E-state index in [1.54, 1.807) is 29.2 Å². The van der Waals surface area contributed by atoms with Crippen LogP contribution < -0.4 is 10.3 Å². The van der Waals surface area contributed by atoms with E-state index < -0.39 is 11.6 Å². The fourth-order valence-corrected chi connectivity index (χ4v) is 4.74. The largest absolute Gasteiger partial charge is 0.467 e. The van der Waals surface area contributed by atoms with Crippen molar-refractivity contribution in [3.05, 3.63) is 64.7 Å². The average molecular weight is 456 g/mol. The van der Waals surface area contributed by atoms with Crippen molar-refractivity contribution < 1.29 is 18.3 Å². The standard InChI is InChI=1S/C22H18F2N4O3S/c23-13-9-16(24)20-18(10-13)32-22(26-20)31-14-5-7-27(8-6-14)19(29)11-28-12-25-17-4-2-1-3-15(17)21(28)30/h1-4,9-10,12,14H,5-8,11H2. The van der Waals surface area contributed by atoms with Crippen LogP contribution in [0.25, 0.3) is 21.1 Å². The summed E-state index contributed by atoms with van der Waals surface area (Å²) in [5.74, 6) is -1.54. The molecule has 2 aromatic heterocycles. The number of thiazole rings is 1. The van der Waals surface area contributed by atoms with Gasteiger partial charge in [0.15, 0.2) is 5.82 Å². The van der Waals surface area contributed by atoms with Gasteiger partial charge in [-0.05, 0) is 18.2 Å². The summed E-state index contributed by atoms with van der Waals surface area (Å²) in [5, 5.41) is 0.755. The lowest BCUT2D eigenvalue weighted by molar-refractivity contribution is -0.133. The van der Waals surface area contributed by atoms with Gasteiger partial charge in [-0.25, -0.2) is 13.8 Å². The fraction of sp³-hybridized carbons (Fsp3) is 0.273. The van der Waals surface area contributed by atoms with Gasteiger partial charge in [-0.3, -0.25) is 14.2 Å². The number of rotatable bonds is 4. The zero-order chi connectivity index (χ0) is 22.2. The zero-order valence-corrected chi connectivity index (χ0v) is 17.6. The minimum Gasteiger partial charge on any atom is -0.467 e. The Balaban J connectivity index is 1.21. The molecule has 1 aliphatic heterocycles. The van der Waals surface area contributed by atoms with Crippen molar-refractivity contribution in [3.63, 3.8) is 0 Å². The number of hydrogen-bond donors (Lipinski definition) is 0. The van der Waals surface area contributed by atoms with Crippen molar-refractivity contribution in [2.45, 2.75) is 25.5 Å². The third-order valence-corrected chi connectivity index (χ3v) is 6.39. The smallest absolute Gasteiger partial charge is 0.274 e. The molecule has 0 bridgehead atoms. The normalized spacial score (nSPS) is 14.9. The van der Waals surface area contributed by atoms with Crippen LogP contribution in [0.4, 0.5) is 8.78 Å². The lowest BCUT2D eigenvalue weighted by Gasteiger charge is -2.31. The Kier molecular flexibility index (Phi) is 5.30. The van der Waals surface area contributed by atoms with E-state index in [2.05, 4.69) is 9.97 Å². The molecule has 0 aliphatic carbocycles. The number of para-hydroxylation sites is 1. The summed E-state index contributed by atoms with van der Waals surface area (Å²) in [6, 6.07) is 9.04. The number of likely N-dealkylation sites (tertiary alicyclic amines) is 1.